The van der Waals surface area contributed by atoms with E-state index < -0.39 is 27.3 Å². The number of fused-ring (bicyclic) bond motifs is 1. The number of amides is 1. The zero-order valence-electron chi connectivity index (χ0n) is 16.9. The monoisotopic (exact) mass is 419 g/mol. The van der Waals surface area contributed by atoms with Gasteiger partial charge in [-0.25, -0.2) is 17.6 Å². The molecule has 1 atom stereocenters. The first-order chi connectivity index (χ1) is 13.6. The van der Waals surface area contributed by atoms with Crippen LogP contribution in [0.5, 0.6) is 0 Å². The van der Waals surface area contributed by atoms with E-state index >= 15 is 4.39 Å². The number of carbonyl (C=O) groups is 1. The number of hydrogen-bond acceptors (Lipinski definition) is 4. The average Bonchev–Trinajstić information content (AvgIpc) is 2.65. The SMILES string of the molecule is CC(C)(C)OC(=O)NC[C@@H]1CCCc2cc(S(=O)(=O)c3ccccc3)cc(F)c21. The number of carbonyl (C=O) groups excluding carboxylic acids is 1. The van der Waals surface area contributed by atoms with E-state index in [1.54, 1.807) is 45.0 Å². The third-order valence-corrected chi connectivity index (χ3v) is 6.60. The van der Waals surface area contributed by atoms with Crippen LogP contribution in [0, 0.1) is 5.82 Å². The van der Waals surface area contributed by atoms with Gasteiger partial charge in [-0.3, -0.25) is 0 Å². The number of sulfone groups is 1. The van der Waals surface area contributed by atoms with Gasteiger partial charge >= 0.3 is 6.09 Å². The van der Waals surface area contributed by atoms with Gasteiger partial charge in [0.25, 0.3) is 0 Å². The van der Waals surface area contributed by atoms with Gasteiger partial charge in [0.15, 0.2) is 0 Å². The van der Waals surface area contributed by atoms with Gasteiger partial charge < -0.3 is 10.1 Å². The van der Waals surface area contributed by atoms with E-state index in [0.29, 0.717) is 24.0 Å². The highest BCUT2D eigenvalue weighted by Gasteiger charge is 2.28. The lowest BCUT2D eigenvalue weighted by Gasteiger charge is -2.27. The summed E-state index contributed by atoms with van der Waals surface area (Å²) in [6.07, 6.45) is 1.56. The summed E-state index contributed by atoms with van der Waals surface area (Å²) < 4.78 is 46.0. The molecule has 1 amide bonds. The minimum absolute atomic E-state index is 0.0410. The topological polar surface area (TPSA) is 72.5 Å². The number of hydrogen-bond donors (Lipinski definition) is 1. The number of rotatable bonds is 4. The molecule has 0 aromatic heterocycles. The van der Waals surface area contributed by atoms with E-state index in [-0.39, 0.29) is 22.3 Å². The maximum absolute atomic E-state index is 15.0. The van der Waals surface area contributed by atoms with Crippen LogP contribution in [0.3, 0.4) is 0 Å². The molecular formula is C22H26FNO4S. The molecule has 1 N–H and O–H groups in total. The number of halogens is 1. The Morgan fingerprint density at radius 1 is 1.17 bits per heavy atom. The van der Waals surface area contributed by atoms with Crippen molar-refractivity contribution in [2.45, 2.75) is 61.3 Å². The summed E-state index contributed by atoms with van der Waals surface area (Å²) >= 11 is 0. The maximum Gasteiger partial charge on any atom is 0.407 e. The van der Waals surface area contributed by atoms with Gasteiger partial charge in [0.2, 0.25) is 9.84 Å². The molecule has 3 rings (SSSR count). The zero-order chi connectivity index (χ0) is 21.2. The molecule has 0 spiro atoms. The van der Waals surface area contributed by atoms with Crippen LogP contribution in [-0.4, -0.2) is 26.7 Å². The van der Waals surface area contributed by atoms with E-state index in [1.165, 1.54) is 12.1 Å². The molecule has 2 aromatic carbocycles. The lowest BCUT2D eigenvalue weighted by atomic mass is 9.82. The summed E-state index contributed by atoms with van der Waals surface area (Å²) in [5, 5.41) is 2.70. The Hall–Kier alpha value is -2.41. The number of benzene rings is 2. The van der Waals surface area contributed by atoms with Gasteiger partial charge in [-0.05, 0) is 75.4 Å². The van der Waals surface area contributed by atoms with Crippen LogP contribution in [0.1, 0.15) is 50.7 Å². The number of ether oxygens (including phenoxy) is 1. The fraction of sp³-hybridized carbons (Fsp3) is 0.409. The molecule has 1 aliphatic rings. The Bertz CT molecular complexity index is 997. The van der Waals surface area contributed by atoms with E-state index in [2.05, 4.69) is 5.32 Å². The zero-order valence-corrected chi connectivity index (χ0v) is 17.7. The molecule has 0 aliphatic heterocycles. The molecule has 0 heterocycles. The van der Waals surface area contributed by atoms with Gasteiger partial charge in [-0.2, -0.15) is 0 Å². The summed E-state index contributed by atoms with van der Waals surface area (Å²) in [7, 11) is -3.79. The second kappa shape index (κ2) is 8.14. The average molecular weight is 420 g/mol. The molecule has 2 aromatic rings. The molecule has 5 nitrogen and oxygen atoms in total. The van der Waals surface area contributed by atoms with Gasteiger partial charge in [0.05, 0.1) is 9.79 Å². The molecule has 0 fully saturated rings. The number of aryl methyl sites for hydroxylation is 1. The van der Waals surface area contributed by atoms with Crippen molar-refractivity contribution < 1.29 is 22.3 Å². The van der Waals surface area contributed by atoms with Gasteiger partial charge in [-0.15, -0.1) is 0 Å². The van der Waals surface area contributed by atoms with Gasteiger partial charge in [-0.1, -0.05) is 18.2 Å². The highest BCUT2D eigenvalue weighted by atomic mass is 32.2. The Labute approximate surface area is 171 Å². The van der Waals surface area contributed by atoms with Crippen LogP contribution >= 0.6 is 0 Å². The summed E-state index contributed by atoms with van der Waals surface area (Å²) in [4.78, 5) is 12.0. The molecule has 156 valence electrons. The third kappa shape index (κ3) is 4.96. The van der Waals surface area contributed by atoms with E-state index in [1.807, 2.05) is 0 Å². The molecular weight excluding hydrogens is 393 g/mol. The normalized spacial score (nSPS) is 16.8. The van der Waals surface area contributed by atoms with Crippen molar-refractivity contribution in [2.75, 3.05) is 6.54 Å². The van der Waals surface area contributed by atoms with Gasteiger partial charge in [0, 0.05) is 12.5 Å². The fourth-order valence-corrected chi connectivity index (χ4v) is 4.95. The first-order valence-corrected chi connectivity index (χ1v) is 11.2. The predicted molar refractivity (Wildman–Crippen MR) is 108 cm³/mol. The number of nitrogens with one attached hydrogen (secondary N) is 1. The van der Waals surface area contributed by atoms with Crippen molar-refractivity contribution in [1.82, 2.24) is 5.32 Å². The summed E-state index contributed by atoms with van der Waals surface area (Å²) in [5.41, 5.74) is 0.557. The molecule has 0 bridgehead atoms. The second-order valence-corrected chi connectivity index (χ2v) is 10.2. The Balaban J connectivity index is 1.85. The van der Waals surface area contributed by atoms with E-state index in [4.69, 9.17) is 4.74 Å². The van der Waals surface area contributed by atoms with E-state index in [0.717, 1.165) is 12.5 Å². The third-order valence-electron chi connectivity index (χ3n) is 4.85. The lowest BCUT2D eigenvalue weighted by Crippen LogP contribution is -2.35. The molecule has 29 heavy (non-hydrogen) atoms. The van der Waals surface area contributed by atoms with Gasteiger partial charge in [0.1, 0.15) is 11.4 Å². The first-order valence-electron chi connectivity index (χ1n) is 9.67. The van der Waals surface area contributed by atoms with Crippen LogP contribution in [0.2, 0.25) is 0 Å². The van der Waals surface area contributed by atoms with Crippen LogP contribution in [-0.2, 0) is 21.0 Å². The highest BCUT2D eigenvalue weighted by Crippen LogP contribution is 2.36. The largest absolute Gasteiger partial charge is 0.444 e. The highest BCUT2D eigenvalue weighted by molar-refractivity contribution is 7.91. The Morgan fingerprint density at radius 2 is 1.86 bits per heavy atom. The smallest absolute Gasteiger partial charge is 0.407 e. The van der Waals surface area contributed by atoms with Crippen molar-refractivity contribution in [3.63, 3.8) is 0 Å². The van der Waals surface area contributed by atoms with Crippen molar-refractivity contribution in [2.24, 2.45) is 0 Å². The standard InChI is InChI=1S/C22H26FNO4S/c1-22(2,3)28-21(25)24-14-16-9-7-8-15-12-18(13-19(23)20(15)16)29(26,27)17-10-5-4-6-11-17/h4-6,10-13,16H,7-9,14H2,1-3H3,(H,24,25)/t16-/m0/s1. The first kappa shape index (κ1) is 21.3. The Kier molecular flexibility index (Phi) is 5.98. The van der Waals surface area contributed by atoms with Crippen molar-refractivity contribution in [3.8, 4) is 0 Å². The second-order valence-electron chi connectivity index (χ2n) is 8.27. The van der Waals surface area contributed by atoms with Crippen LogP contribution in [0.15, 0.2) is 52.3 Å². The molecule has 0 saturated heterocycles. The minimum Gasteiger partial charge on any atom is -0.444 e. The molecule has 0 unspecified atom stereocenters. The van der Waals surface area contributed by atoms with Crippen LogP contribution in [0.4, 0.5) is 9.18 Å². The fourth-order valence-electron chi connectivity index (χ4n) is 3.61. The molecule has 0 radical (unpaired) electrons. The van der Waals surface area contributed by atoms with Crippen molar-refractivity contribution in [1.29, 1.82) is 0 Å². The van der Waals surface area contributed by atoms with Crippen LogP contribution in [0.25, 0.3) is 0 Å². The van der Waals surface area contributed by atoms with E-state index in [9.17, 15) is 13.2 Å². The number of alkyl carbamates (subject to hydrolysis) is 1. The molecule has 7 heteroatoms. The lowest BCUT2D eigenvalue weighted by molar-refractivity contribution is 0.0523. The quantitative estimate of drug-likeness (QED) is 0.786. The summed E-state index contributed by atoms with van der Waals surface area (Å²) in [6.45, 7) is 5.56. The Morgan fingerprint density at radius 3 is 2.52 bits per heavy atom. The summed E-state index contributed by atoms with van der Waals surface area (Å²) in [5.74, 6) is -0.771. The van der Waals surface area contributed by atoms with Crippen LogP contribution < -0.4 is 5.32 Å². The predicted octanol–water partition coefficient (Wildman–Crippen LogP) is 4.60. The van der Waals surface area contributed by atoms with Crippen molar-refractivity contribution in [3.05, 3.63) is 59.4 Å². The molecule has 0 saturated carbocycles. The minimum atomic E-state index is -3.79. The maximum atomic E-state index is 15.0. The summed E-state index contributed by atoms with van der Waals surface area (Å²) in [6, 6.07) is 10.7. The van der Waals surface area contributed by atoms with Crippen molar-refractivity contribution >= 4 is 15.9 Å². The molecule has 1 aliphatic carbocycles.